The normalized spacial score (nSPS) is 13.1. The maximum Gasteiger partial charge on any atom is 0.536 e. The molecule has 0 spiro atoms. The molecule has 0 N–H and O–H groups in total. The monoisotopic (exact) mass is 248 g/mol. The average Bonchev–Trinajstić information content (AvgIpc) is 2.33. The lowest BCUT2D eigenvalue weighted by Crippen LogP contribution is -2.44. The lowest BCUT2D eigenvalue weighted by atomic mass is 9.96. The topological polar surface area (TPSA) is 27.7 Å². The van der Waals surface area contributed by atoms with Crippen molar-refractivity contribution >= 4 is 26.2 Å². The molecular formula is C13H16O3Si. The van der Waals surface area contributed by atoms with E-state index in [9.17, 15) is 0 Å². The molecule has 0 heterocycles. The van der Waals surface area contributed by atoms with Gasteiger partial charge < -0.3 is 13.3 Å². The fourth-order valence-electron chi connectivity index (χ4n) is 1.94. The van der Waals surface area contributed by atoms with Gasteiger partial charge in [0.1, 0.15) is 0 Å². The van der Waals surface area contributed by atoms with Crippen LogP contribution in [0.25, 0.3) is 17.3 Å². The highest BCUT2D eigenvalue weighted by atomic mass is 28.4. The fourth-order valence-corrected chi connectivity index (χ4v) is 3.69. The van der Waals surface area contributed by atoms with Crippen molar-refractivity contribution in [2.75, 3.05) is 21.3 Å². The highest BCUT2D eigenvalue weighted by molar-refractivity contribution is 6.80. The Hall–Kier alpha value is -1.20. The zero-order valence-electron chi connectivity index (χ0n) is 10.3. The lowest BCUT2D eigenvalue weighted by molar-refractivity contribution is 0.142. The van der Waals surface area contributed by atoms with Gasteiger partial charge in [0.15, 0.2) is 0 Å². The van der Waals surface area contributed by atoms with Gasteiger partial charge in [0.2, 0.25) is 0 Å². The maximum atomic E-state index is 5.42. The summed E-state index contributed by atoms with van der Waals surface area (Å²) in [5, 5.41) is 0.785. The van der Waals surface area contributed by atoms with Crippen molar-refractivity contribution in [2.45, 2.75) is 0 Å². The van der Waals surface area contributed by atoms with E-state index in [1.165, 1.54) is 11.1 Å². The summed E-state index contributed by atoms with van der Waals surface area (Å²) in [5.41, 5.74) is 3.47. The lowest BCUT2D eigenvalue weighted by Gasteiger charge is -2.27. The molecule has 1 aliphatic carbocycles. The van der Waals surface area contributed by atoms with Crippen LogP contribution >= 0.6 is 0 Å². The smallest absolute Gasteiger partial charge is 0.373 e. The summed E-state index contributed by atoms with van der Waals surface area (Å²) >= 11 is 0. The van der Waals surface area contributed by atoms with Crippen molar-refractivity contribution in [3.05, 3.63) is 41.5 Å². The molecule has 0 amide bonds. The van der Waals surface area contributed by atoms with Crippen molar-refractivity contribution in [3.8, 4) is 0 Å². The van der Waals surface area contributed by atoms with Crippen LogP contribution in [0.15, 0.2) is 24.8 Å². The van der Waals surface area contributed by atoms with Gasteiger partial charge in [-0.1, -0.05) is 30.9 Å². The van der Waals surface area contributed by atoms with Gasteiger partial charge in [-0.05, 0) is 22.8 Å². The van der Waals surface area contributed by atoms with Crippen LogP contribution < -0.4 is 0 Å². The summed E-state index contributed by atoms with van der Waals surface area (Å²) in [6.07, 6.45) is 4.15. The number of hydrogen-bond acceptors (Lipinski definition) is 3. The summed E-state index contributed by atoms with van der Waals surface area (Å²) in [6.45, 7) is 4.07. The predicted octanol–water partition coefficient (Wildman–Crippen LogP) is 2.60. The van der Waals surface area contributed by atoms with E-state index in [4.69, 9.17) is 13.3 Å². The number of rotatable bonds is 5. The molecule has 1 aliphatic rings. The largest absolute Gasteiger partial charge is 0.536 e. The van der Waals surface area contributed by atoms with E-state index in [1.807, 2.05) is 6.07 Å². The SMILES string of the molecule is C=C(c1ccc2c(c1)C=C2)[Si](OC)(OC)OC. The summed E-state index contributed by atoms with van der Waals surface area (Å²) < 4.78 is 16.3. The molecule has 90 valence electrons. The molecule has 0 bridgehead atoms. The van der Waals surface area contributed by atoms with Crippen LogP contribution in [-0.2, 0) is 13.3 Å². The van der Waals surface area contributed by atoms with E-state index in [0.29, 0.717) is 0 Å². The van der Waals surface area contributed by atoms with Crippen LogP contribution in [-0.4, -0.2) is 30.1 Å². The minimum atomic E-state index is -2.80. The molecule has 0 aliphatic heterocycles. The fraction of sp³-hybridized carbons (Fsp3) is 0.231. The van der Waals surface area contributed by atoms with Crippen LogP contribution in [0.2, 0.25) is 0 Å². The van der Waals surface area contributed by atoms with Crippen LogP contribution in [0.5, 0.6) is 0 Å². The Morgan fingerprint density at radius 2 is 1.59 bits per heavy atom. The molecule has 1 aromatic rings. The highest BCUT2D eigenvalue weighted by Gasteiger charge is 2.42. The first-order valence-electron chi connectivity index (χ1n) is 5.34. The standard InChI is InChI=1S/C13H16O3Si/c1-10(17(14-2,15-3)16-4)12-7-5-11-6-8-13(11)9-12/h5-9H,1H2,2-4H3. The van der Waals surface area contributed by atoms with E-state index in [-0.39, 0.29) is 0 Å². The Labute approximate surface area is 103 Å². The van der Waals surface area contributed by atoms with Gasteiger partial charge in [-0.15, -0.1) is 0 Å². The Bertz CT molecular complexity index is 467. The minimum Gasteiger partial charge on any atom is -0.373 e. The van der Waals surface area contributed by atoms with Crippen molar-refractivity contribution < 1.29 is 13.3 Å². The molecule has 3 nitrogen and oxygen atoms in total. The first-order chi connectivity index (χ1) is 8.16. The van der Waals surface area contributed by atoms with E-state index in [2.05, 4.69) is 30.9 Å². The second kappa shape index (κ2) is 4.58. The van der Waals surface area contributed by atoms with Crippen LogP contribution in [0.4, 0.5) is 0 Å². The maximum absolute atomic E-state index is 5.42. The van der Waals surface area contributed by atoms with Gasteiger partial charge in [-0.3, -0.25) is 0 Å². The van der Waals surface area contributed by atoms with E-state index in [1.54, 1.807) is 21.3 Å². The second-order valence-corrected chi connectivity index (χ2v) is 6.76. The van der Waals surface area contributed by atoms with Crippen molar-refractivity contribution in [3.63, 3.8) is 0 Å². The molecule has 0 radical (unpaired) electrons. The van der Waals surface area contributed by atoms with Gasteiger partial charge in [0.05, 0.1) is 0 Å². The molecule has 4 heteroatoms. The molecule has 0 saturated heterocycles. The van der Waals surface area contributed by atoms with Gasteiger partial charge in [0, 0.05) is 26.5 Å². The minimum absolute atomic E-state index is 0.785. The van der Waals surface area contributed by atoms with Crippen LogP contribution in [0.1, 0.15) is 16.7 Å². The van der Waals surface area contributed by atoms with E-state index in [0.717, 1.165) is 10.8 Å². The summed E-state index contributed by atoms with van der Waals surface area (Å²) in [4.78, 5) is 0. The van der Waals surface area contributed by atoms with Crippen molar-refractivity contribution in [2.24, 2.45) is 0 Å². The molecule has 2 rings (SSSR count). The highest BCUT2D eigenvalue weighted by Crippen LogP contribution is 2.31. The molecule has 0 fully saturated rings. The molecular weight excluding hydrogens is 232 g/mol. The van der Waals surface area contributed by atoms with Gasteiger partial charge in [-0.2, -0.15) is 0 Å². The first-order valence-corrected chi connectivity index (χ1v) is 7.06. The average molecular weight is 248 g/mol. The Kier molecular flexibility index (Phi) is 3.30. The molecule has 0 saturated carbocycles. The van der Waals surface area contributed by atoms with E-state index < -0.39 is 8.80 Å². The number of benzene rings is 1. The van der Waals surface area contributed by atoms with Crippen molar-refractivity contribution in [1.29, 1.82) is 0 Å². The number of hydrogen-bond donors (Lipinski definition) is 0. The summed E-state index contributed by atoms with van der Waals surface area (Å²) in [5.74, 6) is 0. The third-order valence-corrected chi connectivity index (χ3v) is 5.69. The van der Waals surface area contributed by atoms with Gasteiger partial charge >= 0.3 is 8.80 Å². The van der Waals surface area contributed by atoms with Crippen LogP contribution in [0, 0.1) is 0 Å². The molecule has 17 heavy (non-hydrogen) atoms. The zero-order chi connectivity index (χ0) is 12.5. The second-order valence-electron chi connectivity index (χ2n) is 3.82. The van der Waals surface area contributed by atoms with Crippen LogP contribution in [0.3, 0.4) is 0 Å². The Morgan fingerprint density at radius 1 is 1.00 bits per heavy atom. The quantitative estimate of drug-likeness (QED) is 0.761. The van der Waals surface area contributed by atoms with Gasteiger partial charge in [0.25, 0.3) is 0 Å². The molecule has 1 aromatic carbocycles. The molecule has 0 unspecified atom stereocenters. The van der Waals surface area contributed by atoms with Crippen molar-refractivity contribution in [1.82, 2.24) is 0 Å². The van der Waals surface area contributed by atoms with Gasteiger partial charge in [-0.25, -0.2) is 0 Å². The van der Waals surface area contributed by atoms with E-state index >= 15 is 0 Å². The molecule has 0 atom stereocenters. The first kappa shape index (κ1) is 12.3. The third kappa shape index (κ3) is 1.89. The summed E-state index contributed by atoms with van der Waals surface area (Å²) in [7, 11) is 1.97. The predicted molar refractivity (Wildman–Crippen MR) is 71.2 cm³/mol. The third-order valence-electron chi connectivity index (χ3n) is 3.05. The Morgan fingerprint density at radius 3 is 2.00 bits per heavy atom. The number of fused-ring (bicyclic) bond motifs is 1. The summed E-state index contributed by atoms with van der Waals surface area (Å²) in [6, 6.07) is 6.16. The molecule has 0 aromatic heterocycles. The zero-order valence-corrected chi connectivity index (χ0v) is 11.3. The Balaban J connectivity index is 2.33.